The minimum absolute atomic E-state index is 0.365. The second kappa shape index (κ2) is 3.54. The van der Waals surface area contributed by atoms with Gasteiger partial charge in [0.1, 0.15) is 5.82 Å². The third-order valence-corrected chi connectivity index (χ3v) is 2.88. The molecular formula is C12H15N3. The average Bonchev–Trinajstić information content (AvgIpc) is 2.59. The highest BCUT2D eigenvalue weighted by Crippen LogP contribution is 2.31. The number of hydrogen-bond donors (Lipinski definition) is 0. The molecule has 1 aromatic heterocycles. The molecule has 0 bridgehead atoms. The van der Waals surface area contributed by atoms with Crippen LogP contribution in [0.2, 0.25) is 0 Å². The Hall–Kier alpha value is -1.56. The topological polar surface area (TPSA) is 39.9 Å². The fraction of sp³-hybridized carbons (Fsp3) is 0.500. The Morgan fingerprint density at radius 2 is 2.33 bits per heavy atom. The van der Waals surface area contributed by atoms with Crippen LogP contribution in [0, 0.1) is 16.7 Å². The molecule has 1 aromatic rings. The van der Waals surface area contributed by atoms with Gasteiger partial charge in [0.2, 0.25) is 0 Å². The Kier molecular flexibility index (Phi) is 2.36. The molecule has 1 saturated heterocycles. The Balaban J connectivity index is 2.21. The largest absolute Gasteiger partial charge is 0.356 e. The number of rotatable bonds is 1. The van der Waals surface area contributed by atoms with Crippen molar-refractivity contribution in [1.82, 2.24) is 4.98 Å². The van der Waals surface area contributed by atoms with Crippen LogP contribution in [0.15, 0.2) is 18.3 Å². The molecule has 0 saturated carbocycles. The highest BCUT2D eigenvalue weighted by Gasteiger charge is 2.29. The summed E-state index contributed by atoms with van der Waals surface area (Å²) in [6.45, 7) is 6.59. The molecule has 2 rings (SSSR count). The number of nitrogens with zero attached hydrogens (tertiary/aromatic N) is 3. The summed E-state index contributed by atoms with van der Waals surface area (Å²) in [5.74, 6) is 0.930. The van der Waals surface area contributed by atoms with Gasteiger partial charge in [-0.25, -0.2) is 4.98 Å². The minimum atomic E-state index is 0.365. The summed E-state index contributed by atoms with van der Waals surface area (Å²) in [4.78, 5) is 6.56. The molecule has 78 valence electrons. The molecule has 0 N–H and O–H groups in total. The van der Waals surface area contributed by atoms with Gasteiger partial charge in [-0.1, -0.05) is 13.8 Å². The van der Waals surface area contributed by atoms with Crippen molar-refractivity contribution in [2.24, 2.45) is 5.41 Å². The van der Waals surface area contributed by atoms with Crippen LogP contribution in [0.25, 0.3) is 0 Å². The Labute approximate surface area is 90.4 Å². The van der Waals surface area contributed by atoms with Crippen molar-refractivity contribution in [3.63, 3.8) is 0 Å². The smallest absolute Gasteiger partial charge is 0.129 e. The lowest BCUT2D eigenvalue weighted by atomic mass is 9.93. The number of pyridine rings is 1. The second-order valence-corrected chi connectivity index (χ2v) is 4.85. The van der Waals surface area contributed by atoms with Crippen LogP contribution in [0.3, 0.4) is 0 Å². The molecule has 3 heteroatoms. The van der Waals surface area contributed by atoms with Crippen molar-refractivity contribution in [3.05, 3.63) is 23.9 Å². The van der Waals surface area contributed by atoms with Crippen LogP contribution in [0.5, 0.6) is 0 Å². The van der Waals surface area contributed by atoms with E-state index in [1.807, 2.05) is 6.07 Å². The first-order valence-electron chi connectivity index (χ1n) is 5.22. The lowest BCUT2D eigenvalue weighted by molar-refractivity contribution is 0.418. The van der Waals surface area contributed by atoms with Crippen LogP contribution >= 0.6 is 0 Å². The van der Waals surface area contributed by atoms with Crippen molar-refractivity contribution >= 4 is 5.82 Å². The molecule has 0 aromatic carbocycles. The summed E-state index contributed by atoms with van der Waals surface area (Å²) in [6.07, 6.45) is 2.89. The van der Waals surface area contributed by atoms with E-state index in [1.54, 1.807) is 12.3 Å². The van der Waals surface area contributed by atoms with Gasteiger partial charge in [0.25, 0.3) is 0 Å². The van der Waals surface area contributed by atoms with Gasteiger partial charge < -0.3 is 4.90 Å². The standard InChI is InChI=1S/C12H15N3/c1-12(2)4-6-15(9-12)11-7-10(8-13)3-5-14-11/h3,5,7H,4,6,9H2,1-2H3. The molecule has 0 atom stereocenters. The molecule has 2 heterocycles. The normalized spacial score (nSPS) is 18.9. The third-order valence-electron chi connectivity index (χ3n) is 2.88. The van der Waals surface area contributed by atoms with E-state index in [-0.39, 0.29) is 0 Å². The minimum Gasteiger partial charge on any atom is -0.356 e. The lowest BCUT2D eigenvalue weighted by Gasteiger charge is -2.20. The summed E-state index contributed by atoms with van der Waals surface area (Å²) in [6, 6.07) is 5.75. The predicted octanol–water partition coefficient (Wildman–Crippen LogP) is 2.19. The maximum absolute atomic E-state index is 8.81. The second-order valence-electron chi connectivity index (χ2n) is 4.85. The van der Waals surface area contributed by atoms with E-state index in [0.717, 1.165) is 18.9 Å². The molecule has 1 fully saturated rings. The number of aromatic nitrogens is 1. The number of hydrogen-bond acceptors (Lipinski definition) is 3. The SMILES string of the molecule is CC1(C)CCN(c2cc(C#N)ccn2)C1. The first-order valence-corrected chi connectivity index (χ1v) is 5.22. The van der Waals surface area contributed by atoms with Crippen LogP contribution in [-0.4, -0.2) is 18.1 Å². The molecule has 0 aliphatic carbocycles. The maximum Gasteiger partial charge on any atom is 0.129 e. The molecule has 1 aliphatic rings. The van der Waals surface area contributed by atoms with Crippen LogP contribution in [0.4, 0.5) is 5.82 Å². The molecule has 1 aliphatic heterocycles. The third kappa shape index (κ3) is 2.10. The molecule has 0 spiro atoms. The first kappa shape index (κ1) is 9.97. The van der Waals surface area contributed by atoms with E-state index in [0.29, 0.717) is 11.0 Å². The Morgan fingerprint density at radius 1 is 1.53 bits per heavy atom. The molecule has 0 radical (unpaired) electrons. The summed E-state index contributed by atoms with van der Waals surface area (Å²) in [7, 11) is 0. The lowest BCUT2D eigenvalue weighted by Crippen LogP contribution is -2.23. The van der Waals surface area contributed by atoms with Gasteiger partial charge in [0, 0.05) is 19.3 Å². The molecule has 0 amide bonds. The van der Waals surface area contributed by atoms with Crippen molar-refractivity contribution in [1.29, 1.82) is 5.26 Å². The quantitative estimate of drug-likeness (QED) is 0.699. The van der Waals surface area contributed by atoms with Gasteiger partial charge in [0.15, 0.2) is 0 Å². The predicted molar refractivity (Wildman–Crippen MR) is 59.6 cm³/mol. The van der Waals surface area contributed by atoms with Crippen LogP contribution in [-0.2, 0) is 0 Å². The van der Waals surface area contributed by atoms with Gasteiger partial charge in [-0.3, -0.25) is 0 Å². The van der Waals surface area contributed by atoms with Gasteiger partial charge >= 0.3 is 0 Å². The van der Waals surface area contributed by atoms with Gasteiger partial charge in [0.05, 0.1) is 11.6 Å². The van der Waals surface area contributed by atoms with Crippen molar-refractivity contribution in [3.8, 4) is 6.07 Å². The zero-order chi connectivity index (χ0) is 10.9. The Bertz CT molecular complexity index is 404. The highest BCUT2D eigenvalue weighted by atomic mass is 15.2. The van der Waals surface area contributed by atoms with Gasteiger partial charge in [-0.05, 0) is 24.0 Å². The molecule has 15 heavy (non-hydrogen) atoms. The van der Waals surface area contributed by atoms with E-state index in [9.17, 15) is 0 Å². The zero-order valence-electron chi connectivity index (χ0n) is 9.20. The van der Waals surface area contributed by atoms with E-state index >= 15 is 0 Å². The summed E-state index contributed by atoms with van der Waals surface area (Å²) < 4.78 is 0. The summed E-state index contributed by atoms with van der Waals surface area (Å²) in [5.41, 5.74) is 1.05. The van der Waals surface area contributed by atoms with Gasteiger partial charge in [-0.2, -0.15) is 5.26 Å². The molecular weight excluding hydrogens is 186 g/mol. The van der Waals surface area contributed by atoms with E-state index in [1.165, 1.54) is 6.42 Å². The van der Waals surface area contributed by atoms with Crippen molar-refractivity contribution in [2.75, 3.05) is 18.0 Å². The van der Waals surface area contributed by atoms with E-state index in [2.05, 4.69) is 29.8 Å². The maximum atomic E-state index is 8.81. The number of nitriles is 1. The fourth-order valence-corrected chi connectivity index (χ4v) is 1.97. The monoisotopic (exact) mass is 201 g/mol. The van der Waals surface area contributed by atoms with Crippen molar-refractivity contribution < 1.29 is 0 Å². The Morgan fingerprint density at radius 3 is 2.93 bits per heavy atom. The van der Waals surface area contributed by atoms with E-state index < -0.39 is 0 Å². The fourth-order valence-electron chi connectivity index (χ4n) is 1.97. The van der Waals surface area contributed by atoms with Crippen LogP contribution < -0.4 is 4.90 Å². The van der Waals surface area contributed by atoms with Gasteiger partial charge in [-0.15, -0.1) is 0 Å². The van der Waals surface area contributed by atoms with Crippen molar-refractivity contribution in [2.45, 2.75) is 20.3 Å². The average molecular weight is 201 g/mol. The van der Waals surface area contributed by atoms with E-state index in [4.69, 9.17) is 5.26 Å². The summed E-state index contributed by atoms with van der Waals surface area (Å²) >= 11 is 0. The molecule has 3 nitrogen and oxygen atoms in total. The van der Waals surface area contributed by atoms with Crippen LogP contribution in [0.1, 0.15) is 25.8 Å². The zero-order valence-corrected chi connectivity index (χ0v) is 9.20. The summed E-state index contributed by atoms with van der Waals surface area (Å²) in [5, 5.41) is 8.81. The molecule has 0 unspecified atom stereocenters. The highest BCUT2D eigenvalue weighted by molar-refractivity contribution is 5.45. The number of anilines is 1. The first-order chi connectivity index (χ1) is 7.11.